The number of anilines is 1. The maximum atomic E-state index is 4.54. The van der Waals surface area contributed by atoms with E-state index in [-0.39, 0.29) is 0 Å². The molecule has 20 heavy (non-hydrogen) atoms. The molecule has 0 aromatic carbocycles. The lowest BCUT2D eigenvalue weighted by Crippen LogP contribution is -2.32. The normalized spacial score (nSPS) is 15.3. The Bertz CT molecular complexity index is 559. The third-order valence-electron chi connectivity index (χ3n) is 3.67. The maximum absolute atomic E-state index is 4.54. The average molecular weight is 292 g/mol. The fourth-order valence-corrected chi connectivity index (χ4v) is 3.56. The van der Waals surface area contributed by atoms with Crippen molar-refractivity contribution in [2.24, 2.45) is 0 Å². The van der Waals surface area contributed by atoms with Crippen LogP contribution in [0.2, 0.25) is 0 Å². The lowest BCUT2D eigenvalue weighted by atomic mass is 10.3. The fraction of sp³-hybridized carbons (Fsp3) is 0.615. The molecule has 0 saturated carbocycles. The van der Waals surface area contributed by atoms with Gasteiger partial charge in [0, 0.05) is 43.8 Å². The summed E-state index contributed by atoms with van der Waals surface area (Å²) in [5.74, 6) is 1.06. The first-order chi connectivity index (χ1) is 9.80. The minimum atomic E-state index is 0.874. The van der Waals surface area contributed by atoms with Crippen LogP contribution in [0.15, 0.2) is 12.5 Å². The predicted molar refractivity (Wildman–Crippen MR) is 79.8 cm³/mol. The Kier molecular flexibility index (Phi) is 3.98. The Morgan fingerprint density at radius 1 is 1.30 bits per heavy atom. The highest BCUT2D eigenvalue weighted by atomic mass is 32.1. The highest BCUT2D eigenvalue weighted by molar-refractivity contribution is 7.15. The van der Waals surface area contributed by atoms with Crippen LogP contribution in [0.3, 0.4) is 0 Å². The molecule has 0 saturated heterocycles. The van der Waals surface area contributed by atoms with Crippen molar-refractivity contribution in [1.29, 1.82) is 0 Å². The summed E-state index contributed by atoms with van der Waals surface area (Å²) in [5.41, 5.74) is 0. The summed E-state index contributed by atoms with van der Waals surface area (Å²) >= 11 is 1.80. The van der Waals surface area contributed by atoms with Gasteiger partial charge in [0.2, 0.25) is 0 Å². The van der Waals surface area contributed by atoms with Crippen molar-refractivity contribution in [1.82, 2.24) is 24.6 Å². The molecule has 6 nitrogen and oxygen atoms in total. The SMILES string of the molecule is CCN(CC)c1ncc(CN2CCn3cnnc3C2)s1. The molecular formula is C13H20N6S. The van der Waals surface area contributed by atoms with Crippen LogP contribution < -0.4 is 4.90 Å². The van der Waals surface area contributed by atoms with Crippen molar-refractivity contribution in [2.75, 3.05) is 24.5 Å². The molecule has 0 atom stereocenters. The molecule has 3 rings (SSSR count). The summed E-state index contributed by atoms with van der Waals surface area (Å²) in [6, 6.07) is 0. The summed E-state index contributed by atoms with van der Waals surface area (Å²) in [7, 11) is 0. The van der Waals surface area contributed by atoms with Crippen molar-refractivity contribution < 1.29 is 0 Å². The molecule has 0 radical (unpaired) electrons. The second-order valence-corrected chi connectivity index (χ2v) is 6.03. The van der Waals surface area contributed by atoms with Gasteiger partial charge in [-0.15, -0.1) is 21.5 Å². The first kappa shape index (κ1) is 13.5. The van der Waals surface area contributed by atoms with E-state index in [0.717, 1.165) is 50.2 Å². The molecule has 0 spiro atoms. The topological polar surface area (TPSA) is 50.1 Å². The molecule has 0 unspecified atom stereocenters. The highest BCUT2D eigenvalue weighted by Gasteiger charge is 2.18. The van der Waals surface area contributed by atoms with Gasteiger partial charge in [0.05, 0.1) is 6.54 Å². The monoisotopic (exact) mass is 292 g/mol. The van der Waals surface area contributed by atoms with Gasteiger partial charge in [0.15, 0.2) is 5.13 Å². The van der Waals surface area contributed by atoms with Gasteiger partial charge >= 0.3 is 0 Å². The summed E-state index contributed by atoms with van der Waals surface area (Å²) in [5, 5.41) is 9.25. The van der Waals surface area contributed by atoms with E-state index >= 15 is 0 Å². The zero-order valence-electron chi connectivity index (χ0n) is 12.0. The van der Waals surface area contributed by atoms with Gasteiger partial charge in [-0.25, -0.2) is 4.98 Å². The van der Waals surface area contributed by atoms with E-state index in [9.17, 15) is 0 Å². The van der Waals surface area contributed by atoms with E-state index in [1.165, 1.54) is 4.88 Å². The van der Waals surface area contributed by atoms with Crippen LogP contribution in [0.5, 0.6) is 0 Å². The lowest BCUT2D eigenvalue weighted by Gasteiger charge is -2.26. The van der Waals surface area contributed by atoms with Gasteiger partial charge in [-0.2, -0.15) is 0 Å². The number of aromatic nitrogens is 4. The third-order valence-corrected chi connectivity index (χ3v) is 4.72. The number of hydrogen-bond acceptors (Lipinski definition) is 6. The van der Waals surface area contributed by atoms with Crippen LogP contribution in [0, 0.1) is 0 Å². The molecule has 1 aliphatic rings. The molecule has 1 aliphatic heterocycles. The molecule has 0 fully saturated rings. The van der Waals surface area contributed by atoms with E-state index in [1.54, 1.807) is 11.3 Å². The molecule has 0 aliphatic carbocycles. The van der Waals surface area contributed by atoms with Crippen LogP contribution in [0.25, 0.3) is 0 Å². The van der Waals surface area contributed by atoms with E-state index in [2.05, 4.69) is 43.4 Å². The van der Waals surface area contributed by atoms with E-state index in [1.807, 2.05) is 12.5 Å². The second kappa shape index (κ2) is 5.88. The van der Waals surface area contributed by atoms with Crippen molar-refractivity contribution in [3.05, 3.63) is 23.2 Å². The average Bonchev–Trinajstić information content (AvgIpc) is 3.09. The fourth-order valence-electron chi connectivity index (χ4n) is 2.48. The van der Waals surface area contributed by atoms with Gasteiger partial charge in [-0.05, 0) is 13.8 Å². The Morgan fingerprint density at radius 3 is 2.95 bits per heavy atom. The second-order valence-electron chi connectivity index (χ2n) is 4.93. The van der Waals surface area contributed by atoms with Gasteiger partial charge in [0.1, 0.15) is 12.2 Å². The van der Waals surface area contributed by atoms with E-state index < -0.39 is 0 Å². The Morgan fingerprint density at radius 2 is 2.15 bits per heavy atom. The first-order valence-corrected chi connectivity index (χ1v) is 7.90. The van der Waals surface area contributed by atoms with Crippen LogP contribution in [-0.4, -0.2) is 44.3 Å². The maximum Gasteiger partial charge on any atom is 0.185 e. The van der Waals surface area contributed by atoms with E-state index in [4.69, 9.17) is 0 Å². The summed E-state index contributed by atoms with van der Waals surface area (Å²) in [4.78, 5) is 10.6. The van der Waals surface area contributed by atoms with Crippen molar-refractivity contribution in [3.8, 4) is 0 Å². The van der Waals surface area contributed by atoms with Gasteiger partial charge in [-0.1, -0.05) is 0 Å². The molecule has 3 heterocycles. The number of nitrogens with zero attached hydrogens (tertiary/aromatic N) is 6. The predicted octanol–water partition coefficient (Wildman–Crippen LogP) is 1.60. The zero-order valence-corrected chi connectivity index (χ0v) is 12.8. The van der Waals surface area contributed by atoms with E-state index in [0.29, 0.717) is 0 Å². The molecule has 2 aromatic rings. The van der Waals surface area contributed by atoms with Crippen molar-refractivity contribution in [2.45, 2.75) is 33.5 Å². The highest BCUT2D eigenvalue weighted by Crippen LogP contribution is 2.24. The number of fused-ring (bicyclic) bond motifs is 1. The summed E-state index contributed by atoms with van der Waals surface area (Å²) in [6.45, 7) is 10.2. The summed E-state index contributed by atoms with van der Waals surface area (Å²) in [6.07, 6.45) is 3.83. The van der Waals surface area contributed by atoms with Crippen LogP contribution in [0.1, 0.15) is 24.5 Å². The standard InChI is InChI=1S/C13H20N6S/c1-3-18(4-2)13-14-7-11(20-13)8-17-5-6-19-10-15-16-12(19)9-17/h7,10H,3-6,8-9H2,1-2H3. The molecule has 0 N–H and O–H groups in total. The van der Waals surface area contributed by atoms with Gasteiger partial charge < -0.3 is 9.47 Å². The third kappa shape index (κ3) is 2.69. The molecule has 0 bridgehead atoms. The summed E-state index contributed by atoms with van der Waals surface area (Å²) < 4.78 is 2.13. The van der Waals surface area contributed by atoms with Crippen LogP contribution in [-0.2, 0) is 19.6 Å². The van der Waals surface area contributed by atoms with Gasteiger partial charge in [-0.3, -0.25) is 4.90 Å². The van der Waals surface area contributed by atoms with Crippen molar-refractivity contribution in [3.63, 3.8) is 0 Å². The minimum absolute atomic E-state index is 0.874. The Hall–Kier alpha value is -1.47. The largest absolute Gasteiger partial charge is 0.349 e. The number of rotatable bonds is 5. The van der Waals surface area contributed by atoms with Crippen LogP contribution >= 0.6 is 11.3 Å². The van der Waals surface area contributed by atoms with Crippen LogP contribution in [0.4, 0.5) is 5.13 Å². The van der Waals surface area contributed by atoms with Crippen molar-refractivity contribution >= 4 is 16.5 Å². The molecular weight excluding hydrogens is 272 g/mol. The Labute approximate surface area is 123 Å². The Balaban J connectivity index is 1.64. The number of hydrogen-bond donors (Lipinski definition) is 0. The molecule has 2 aromatic heterocycles. The molecule has 7 heteroatoms. The zero-order chi connectivity index (χ0) is 13.9. The number of thiazole rings is 1. The molecule has 108 valence electrons. The molecule has 0 amide bonds. The first-order valence-electron chi connectivity index (χ1n) is 7.08. The minimum Gasteiger partial charge on any atom is -0.349 e. The lowest BCUT2D eigenvalue weighted by molar-refractivity contribution is 0.210. The smallest absolute Gasteiger partial charge is 0.185 e. The quantitative estimate of drug-likeness (QED) is 0.838. The van der Waals surface area contributed by atoms with Gasteiger partial charge in [0.25, 0.3) is 0 Å².